The molecule has 2 N–H and O–H groups in total. The molecule has 0 rings (SSSR count). The largest absolute Gasteiger partial charge is 0.330 e. The lowest BCUT2D eigenvalue weighted by Gasteiger charge is -2.31. The van der Waals surface area contributed by atoms with E-state index in [-0.39, 0.29) is 17.8 Å². The minimum absolute atomic E-state index is 0. The number of halogens is 1. The zero-order valence-electron chi connectivity index (χ0n) is 12.1. The van der Waals surface area contributed by atoms with Crippen molar-refractivity contribution in [1.29, 1.82) is 0 Å². The van der Waals surface area contributed by atoms with Gasteiger partial charge in [0.1, 0.15) is 0 Å². The van der Waals surface area contributed by atoms with Crippen LogP contribution in [-0.4, -0.2) is 50.8 Å². The Morgan fingerprint density at radius 1 is 1.17 bits per heavy atom. The Hall–Kier alpha value is 0.120. The van der Waals surface area contributed by atoms with Crippen molar-refractivity contribution in [2.75, 3.05) is 33.7 Å². The lowest BCUT2D eigenvalue weighted by molar-refractivity contribution is 0.278. The van der Waals surface area contributed by atoms with Crippen LogP contribution in [0.4, 0.5) is 0 Å². The smallest absolute Gasteiger partial charge is 0.281 e. The molecule has 0 fully saturated rings. The van der Waals surface area contributed by atoms with Crippen LogP contribution in [0.25, 0.3) is 0 Å². The van der Waals surface area contributed by atoms with Gasteiger partial charge in [0.15, 0.2) is 0 Å². The van der Waals surface area contributed by atoms with Crippen LogP contribution in [0.5, 0.6) is 0 Å². The van der Waals surface area contributed by atoms with Crippen molar-refractivity contribution in [2.45, 2.75) is 33.6 Å². The molecule has 0 amide bonds. The molecule has 112 valence electrons. The van der Waals surface area contributed by atoms with Gasteiger partial charge in [0.05, 0.1) is 0 Å². The van der Waals surface area contributed by atoms with Crippen molar-refractivity contribution in [3.05, 3.63) is 0 Å². The van der Waals surface area contributed by atoms with E-state index in [0.29, 0.717) is 19.6 Å². The van der Waals surface area contributed by atoms with Gasteiger partial charge in [-0.1, -0.05) is 27.2 Å². The Balaban J connectivity index is 0. The zero-order chi connectivity index (χ0) is 13.7. The maximum Gasteiger partial charge on any atom is 0.281 e. The predicted octanol–water partition coefficient (Wildman–Crippen LogP) is 1.30. The number of hydrogen-bond acceptors (Lipinski definition) is 3. The van der Waals surface area contributed by atoms with E-state index in [9.17, 15) is 8.42 Å². The maximum absolute atomic E-state index is 12.1. The van der Waals surface area contributed by atoms with Gasteiger partial charge in [-0.05, 0) is 18.4 Å². The molecule has 7 heteroatoms. The number of nitrogens with two attached hydrogens (primary N) is 1. The van der Waals surface area contributed by atoms with Gasteiger partial charge in [0, 0.05) is 27.2 Å². The molecule has 0 aromatic heterocycles. The van der Waals surface area contributed by atoms with Crippen molar-refractivity contribution >= 4 is 22.6 Å². The first-order valence-corrected chi connectivity index (χ1v) is 7.44. The quantitative estimate of drug-likeness (QED) is 0.735. The summed E-state index contributed by atoms with van der Waals surface area (Å²) < 4.78 is 27.1. The van der Waals surface area contributed by atoms with Gasteiger partial charge in [-0.15, -0.1) is 12.4 Å². The van der Waals surface area contributed by atoms with Crippen molar-refractivity contribution in [3.63, 3.8) is 0 Å². The van der Waals surface area contributed by atoms with Crippen molar-refractivity contribution in [2.24, 2.45) is 11.1 Å². The molecule has 0 aromatic carbocycles. The second-order valence-electron chi connectivity index (χ2n) is 5.31. The summed E-state index contributed by atoms with van der Waals surface area (Å²) in [6, 6.07) is 0. The first kappa shape index (κ1) is 20.4. The Bertz CT molecular complexity index is 320. The second kappa shape index (κ2) is 8.32. The van der Waals surface area contributed by atoms with E-state index in [4.69, 9.17) is 5.73 Å². The van der Waals surface area contributed by atoms with E-state index < -0.39 is 10.2 Å². The van der Waals surface area contributed by atoms with Crippen LogP contribution in [0.15, 0.2) is 0 Å². The van der Waals surface area contributed by atoms with Crippen LogP contribution in [0.3, 0.4) is 0 Å². The van der Waals surface area contributed by atoms with E-state index in [1.807, 2.05) is 20.8 Å². The summed E-state index contributed by atoms with van der Waals surface area (Å²) in [5.74, 6) is 0. The van der Waals surface area contributed by atoms with Crippen LogP contribution in [-0.2, 0) is 10.2 Å². The second-order valence-corrected chi connectivity index (χ2v) is 7.45. The molecular formula is C11H28ClN3O2S. The summed E-state index contributed by atoms with van der Waals surface area (Å²) in [4.78, 5) is 0. The van der Waals surface area contributed by atoms with E-state index in [0.717, 1.165) is 12.8 Å². The average molecular weight is 302 g/mol. The van der Waals surface area contributed by atoms with E-state index in [2.05, 4.69) is 0 Å². The van der Waals surface area contributed by atoms with Crippen molar-refractivity contribution in [1.82, 2.24) is 8.61 Å². The molecule has 0 saturated carbocycles. The molecule has 0 aromatic rings. The highest BCUT2D eigenvalue weighted by Gasteiger charge is 2.28. The van der Waals surface area contributed by atoms with Crippen LogP contribution < -0.4 is 5.73 Å². The minimum Gasteiger partial charge on any atom is -0.330 e. The molecule has 0 aliphatic carbocycles. The number of hydrogen-bond donors (Lipinski definition) is 1. The third-order valence-electron chi connectivity index (χ3n) is 2.82. The SMILES string of the molecule is CCCCN(C)S(=O)(=O)N(C)CC(C)(C)CN.Cl. The number of nitrogens with zero attached hydrogens (tertiary/aromatic N) is 2. The van der Waals surface area contributed by atoms with Crippen molar-refractivity contribution < 1.29 is 8.42 Å². The fraction of sp³-hybridized carbons (Fsp3) is 1.00. The number of rotatable bonds is 8. The standard InChI is InChI=1S/C11H27N3O2S.ClH/c1-6-7-8-13(4)17(15,16)14(5)10-11(2,3)9-12;/h6-10,12H2,1-5H3;1H. The summed E-state index contributed by atoms with van der Waals surface area (Å²) in [7, 11) is -0.115. The third kappa shape index (κ3) is 6.33. The predicted molar refractivity (Wildman–Crippen MR) is 79.2 cm³/mol. The van der Waals surface area contributed by atoms with Gasteiger partial charge in [-0.25, -0.2) is 0 Å². The Morgan fingerprint density at radius 3 is 2.06 bits per heavy atom. The Kier molecular flexibility index (Phi) is 9.45. The fourth-order valence-electron chi connectivity index (χ4n) is 1.48. The van der Waals surface area contributed by atoms with Gasteiger partial charge < -0.3 is 5.73 Å². The number of unbranched alkanes of at least 4 members (excludes halogenated alkanes) is 1. The van der Waals surface area contributed by atoms with Crippen LogP contribution in [0, 0.1) is 5.41 Å². The van der Waals surface area contributed by atoms with Gasteiger partial charge in [0.25, 0.3) is 10.2 Å². The Morgan fingerprint density at radius 2 is 1.67 bits per heavy atom. The molecule has 0 saturated heterocycles. The molecule has 0 heterocycles. The van der Waals surface area contributed by atoms with Gasteiger partial charge >= 0.3 is 0 Å². The highest BCUT2D eigenvalue weighted by Crippen LogP contribution is 2.17. The topological polar surface area (TPSA) is 66.6 Å². The maximum atomic E-state index is 12.1. The highest BCUT2D eigenvalue weighted by molar-refractivity contribution is 7.86. The molecule has 0 aliphatic rings. The van der Waals surface area contributed by atoms with Crippen LogP contribution in [0.2, 0.25) is 0 Å². The lowest BCUT2D eigenvalue weighted by atomic mass is 9.94. The first-order valence-electron chi connectivity index (χ1n) is 6.05. The van der Waals surface area contributed by atoms with E-state index >= 15 is 0 Å². The minimum atomic E-state index is -3.34. The van der Waals surface area contributed by atoms with Gasteiger partial charge in [0.2, 0.25) is 0 Å². The van der Waals surface area contributed by atoms with Gasteiger partial charge in [-0.3, -0.25) is 0 Å². The normalized spacial score (nSPS) is 12.9. The van der Waals surface area contributed by atoms with E-state index in [1.165, 1.54) is 8.61 Å². The summed E-state index contributed by atoms with van der Waals surface area (Å²) in [5.41, 5.74) is 5.42. The van der Waals surface area contributed by atoms with Crippen LogP contribution in [0.1, 0.15) is 33.6 Å². The molecule has 18 heavy (non-hydrogen) atoms. The molecule has 0 aliphatic heterocycles. The highest BCUT2D eigenvalue weighted by atomic mass is 35.5. The summed E-state index contributed by atoms with van der Waals surface area (Å²) in [6.07, 6.45) is 1.86. The average Bonchev–Trinajstić information content (AvgIpc) is 2.25. The monoisotopic (exact) mass is 301 g/mol. The molecule has 5 nitrogen and oxygen atoms in total. The van der Waals surface area contributed by atoms with Gasteiger partial charge in [-0.2, -0.15) is 17.0 Å². The summed E-state index contributed by atoms with van der Waals surface area (Å²) in [5, 5.41) is 0. The third-order valence-corrected chi connectivity index (χ3v) is 4.70. The molecule has 0 atom stereocenters. The Labute approximate surface area is 118 Å². The van der Waals surface area contributed by atoms with Crippen molar-refractivity contribution in [3.8, 4) is 0 Å². The van der Waals surface area contributed by atoms with E-state index in [1.54, 1.807) is 14.1 Å². The van der Waals surface area contributed by atoms with Crippen LogP contribution >= 0.6 is 12.4 Å². The molecule has 0 spiro atoms. The fourth-order valence-corrected chi connectivity index (χ4v) is 2.83. The lowest BCUT2D eigenvalue weighted by Crippen LogP contribution is -2.45. The summed E-state index contributed by atoms with van der Waals surface area (Å²) in [6.45, 7) is 7.43. The zero-order valence-corrected chi connectivity index (χ0v) is 13.8. The molecule has 0 unspecified atom stereocenters. The first-order chi connectivity index (χ1) is 7.67. The molecular weight excluding hydrogens is 274 g/mol. The molecule has 0 bridgehead atoms. The summed E-state index contributed by atoms with van der Waals surface area (Å²) >= 11 is 0. The molecule has 0 radical (unpaired) electrons.